The van der Waals surface area contributed by atoms with Gasteiger partial charge in [-0.05, 0) is 39.2 Å². The molecule has 1 aliphatic rings. The Bertz CT molecular complexity index is 265. The highest BCUT2D eigenvalue weighted by Crippen LogP contribution is 2.09. The van der Waals surface area contributed by atoms with Crippen molar-refractivity contribution < 1.29 is 9.00 Å². The van der Waals surface area contributed by atoms with Gasteiger partial charge in [-0.1, -0.05) is 0 Å². The first-order valence-corrected chi connectivity index (χ1v) is 8.16. The zero-order chi connectivity index (χ0) is 12.7. The molecule has 1 amide bonds. The molecular weight excluding hydrogens is 236 g/mol. The van der Waals surface area contributed by atoms with Crippen LogP contribution in [0.25, 0.3) is 0 Å². The molecular formula is C12H24N2O2S. The lowest BCUT2D eigenvalue weighted by Gasteiger charge is -2.29. The number of carbonyl (C=O) groups is 1. The molecule has 0 saturated carbocycles. The third kappa shape index (κ3) is 5.64. The van der Waals surface area contributed by atoms with E-state index in [9.17, 15) is 9.00 Å². The fourth-order valence-electron chi connectivity index (χ4n) is 2.07. The van der Waals surface area contributed by atoms with Crippen molar-refractivity contribution in [3.8, 4) is 0 Å². The second-order valence-electron chi connectivity index (χ2n) is 4.69. The predicted molar refractivity (Wildman–Crippen MR) is 71.4 cm³/mol. The number of hydrogen-bond donors (Lipinski definition) is 1. The highest BCUT2D eigenvalue weighted by atomic mass is 32.2. The van der Waals surface area contributed by atoms with E-state index >= 15 is 0 Å². The summed E-state index contributed by atoms with van der Waals surface area (Å²) in [6.45, 7) is 4.49. The molecule has 5 heteroatoms. The SMILES string of the molecule is CC(NCCCS(C)=O)C(=O)N1CCCCC1. The van der Waals surface area contributed by atoms with Crippen molar-refractivity contribution >= 4 is 16.7 Å². The number of amides is 1. The summed E-state index contributed by atoms with van der Waals surface area (Å²) >= 11 is 0. The highest BCUT2D eigenvalue weighted by molar-refractivity contribution is 7.84. The molecule has 4 nitrogen and oxygen atoms in total. The van der Waals surface area contributed by atoms with Gasteiger partial charge in [0.1, 0.15) is 0 Å². The van der Waals surface area contributed by atoms with Gasteiger partial charge in [-0.2, -0.15) is 0 Å². The van der Waals surface area contributed by atoms with Gasteiger partial charge in [0.2, 0.25) is 5.91 Å². The molecule has 1 saturated heterocycles. The first-order chi connectivity index (χ1) is 8.11. The van der Waals surface area contributed by atoms with E-state index in [0.29, 0.717) is 5.75 Å². The Morgan fingerprint density at radius 3 is 2.59 bits per heavy atom. The van der Waals surface area contributed by atoms with Crippen LogP contribution >= 0.6 is 0 Å². The van der Waals surface area contributed by atoms with Crippen LogP contribution in [-0.4, -0.2) is 52.7 Å². The van der Waals surface area contributed by atoms with Gasteiger partial charge in [0.15, 0.2) is 0 Å². The zero-order valence-electron chi connectivity index (χ0n) is 10.9. The molecule has 0 aliphatic carbocycles. The second-order valence-corrected chi connectivity index (χ2v) is 6.25. The predicted octanol–water partition coefficient (Wildman–Crippen LogP) is 0.746. The largest absolute Gasteiger partial charge is 0.341 e. The van der Waals surface area contributed by atoms with Gasteiger partial charge < -0.3 is 10.2 Å². The number of carbonyl (C=O) groups excluding carboxylic acids is 1. The van der Waals surface area contributed by atoms with E-state index in [1.807, 2.05) is 11.8 Å². The number of rotatable bonds is 6. The summed E-state index contributed by atoms with van der Waals surface area (Å²) in [6.07, 6.45) is 6.08. The minimum atomic E-state index is -0.731. The quantitative estimate of drug-likeness (QED) is 0.717. The molecule has 1 heterocycles. The summed E-state index contributed by atoms with van der Waals surface area (Å²) in [5.74, 6) is 0.916. The number of nitrogens with one attached hydrogen (secondary N) is 1. The molecule has 1 aliphatic heterocycles. The number of nitrogens with zero attached hydrogens (tertiary/aromatic N) is 1. The summed E-state index contributed by atoms with van der Waals surface area (Å²) in [4.78, 5) is 14.0. The van der Waals surface area contributed by atoms with Crippen molar-refractivity contribution in [2.24, 2.45) is 0 Å². The van der Waals surface area contributed by atoms with Crippen LogP contribution in [0.1, 0.15) is 32.6 Å². The van der Waals surface area contributed by atoms with Crippen molar-refractivity contribution in [3.63, 3.8) is 0 Å². The summed E-state index contributed by atoms with van der Waals surface area (Å²) in [5.41, 5.74) is 0. The molecule has 0 radical (unpaired) electrons. The van der Waals surface area contributed by atoms with Crippen LogP contribution < -0.4 is 5.32 Å². The summed E-state index contributed by atoms with van der Waals surface area (Å²) in [5, 5.41) is 3.21. The van der Waals surface area contributed by atoms with Crippen molar-refractivity contribution in [1.29, 1.82) is 0 Å². The fourth-order valence-corrected chi connectivity index (χ4v) is 2.62. The van der Waals surface area contributed by atoms with Crippen LogP contribution in [0.3, 0.4) is 0 Å². The Kier molecular flexibility index (Phi) is 6.73. The number of likely N-dealkylation sites (tertiary alicyclic amines) is 1. The number of hydrogen-bond acceptors (Lipinski definition) is 3. The highest BCUT2D eigenvalue weighted by Gasteiger charge is 2.21. The molecule has 2 unspecified atom stereocenters. The Hall–Kier alpha value is -0.420. The maximum absolute atomic E-state index is 12.0. The molecule has 17 heavy (non-hydrogen) atoms. The zero-order valence-corrected chi connectivity index (χ0v) is 11.7. The Balaban J connectivity index is 2.19. The third-order valence-corrected chi connectivity index (χ3v) is 3.96. The summed E-state index contributed by atoms with van der Waals surface area (Å²) in [7, 11) is -0.731. The van der Waals surface area contributed by atoms with E-state index in [4.69, 9.17) is 0 Å². The molecule has 1 rings (SSSR count). The first kappa shape index (κ1) is 14.6. The van der Waals surface area contributed by atoms with E-state index in [0.717, 1.165) is 38.9 Å². The van der Waals surface area contributed by atoms with Crippen LogP contribution in [0.5, 0.6) is 0 Å². The first-order valence-electron chi connectivity index (χ1n) is 6.43. The maximum Gasteiger partial charge on any atom is 0.239 e. The molecule has 1 fully saturated rings. The Morgan fingerprint density at radius 1 is 1.35 bits per heavy atom. The van der Waals surface area contributed by atoms with E-state index in [-0.39, 0.29) is 11.9 Å². The van der Waals surface area contributed by atoms with E-state index in [1.54, 1.807) is 6.26 Å². The lowest BCUT2D eigenvalue weighted by atomic mass is 10.1. The minimum Gasteiger partial charge on any atom is -0.341 e. The lowest BCUT2D eigenvalue weighted by molar-refractivity contribution is -0.133. The van der Waals surface area contributed by atoms with E-state index < -0.39 is 10.8 Å². The van der Waals surface area contributed by atoms with Crippen LogP contribution in [0, 0.1) is 0 Å². The molecule has 0 spiro atoms. The average Bonchev–Trinajstić information content (AvgIpc) is 2.34. The van der Waals surface area contributed by atoms with Crippen molar-refractivity contribution in [1.82, 2.24) is 10.2 Å². The van der Waals surface area contributed by atoms with Crippen molar-refractivity contribution in [2.75, 3.05) is 31.6 Å². The molecule has 1 N–H and O–H groups in total. The van der Waals surface area contributed by atoms with Gasteiger partial charge in [-0.15, -0.1) is 0 Å². The topological polar surface area (TPSA) is 49.4 Å². The normalized spacial score (nSPS) is 20.0. The number of piperidine rings is 1. The van der Waals surface area contributed by atoms with Gasteiger partial charge in [0.05, 0.1) is 6.04 Å². The van der Waals surface area contributed by atoms with Gasteiger partial charge >= 0.3 is 0 Å². The molecule has 2 atom stereocenters. The van der Waals surface area contributed by atoms with Crippen LogP contribution in [-0.2, 0) is 15.6 Å². The minimum absolute atomic E-state index is 0.113. The lowest BCUT2D eigenvalue weighted by Crippen LogP contribution is -2.47. The van der Waals surface area contributed by atoms with Gasteiger partial charge in [0, 0.05) is 35.9 Å². The van der Waals surface area contributed by atoms with Crippen LogP contribution in [0.4, 0.5) is 0 Å². The summed E-state index contributed by atoms with van der Waals surface area (Å²) < 4.78 is 10.9. The average molecular weight is 260 g/mol. The summed E-state index contributed by atoms with van der Waals surface area (Å²) in [6, 6.07) is -0.113. The Morgan fingerprint density at radius 2 is 2.00 bits per heavy atom. The van der Waals surface area contributed by atoms with Crippen molar-refractivity contribution in [3.05, 3.63) is 0 Å². The van der Waals surface area contributed by atoms with E-state index in [2.05, 4.69) is 5.32 Å². The van der Waals surface area contributed by atoms with Crippen molar-refractivity contribution in [2.45, 2.75) is 38.6 Å². The monoisotopic (exact) mass is 260 g/mol. The second kappa shape index (κ2) is 7.82. The van der Waals surface area contributed by atoms with Gasteiger partial charge in [-0.25, -0.2) is 0 Å². The Labute approximate surface area is 107 Å². The molecule has 0 aromatic carbocycles. The standard InChI is InChI=1S/C12H24N2O2S/c1-11(13-7-6-10-17(2)16)12(15)14-8-4-3-5-9-14/h11,13H,3-10H2,1-2H3. The van der Waals surface area contributed by atoms with Crippen LogP contribution in [0.2, 0.25) is 0 Å². The fraction of sp³-hybridized carbons (Fsp3) is 0.917. The molecule has 100 valence electrons. The molecule has 0 bridgehead atoms. The van der Waals surface area contributed by atoms with E-state index in [1.165, 1.54) is 6.42 Å². The van der Waals surface area contributed by atoms with Crippen LogP contribution in [0.15, 0.2) is 0 Å². The molecule has 0 aromatic heterocycles. The smallest absolute Gasteiger partial charge is 0.239 e. The maximum atomic E-state index is 12.0. The van der Waals surface area contributed by atoms with Gasteiger partial charge in [0.25, 0.3) is 0 Å². The third-order valence-electron chi connectivity index (χ3n) is 3.10. The molecule has 0 aromatic rings. The van der Waals surface area contributed by atoms with Gasteiger partial charge in [-0.3, -0.25) is 9.00 Å².